The number of benzene rings is 2. The van der Waals surface area contributed by atoms with E-state index < -0.39 is 124 Å². The van der Waals surface area contributed by atoms with E-state index in [4.69, 9.17) is 33.2 Å². The van der Waals surface area contributed by atoms with Gasteiger partial charge >= 0.3 is 0 Å². The van der Waals surface area contributed by atoms with Crippen LogP contribution in [0.15, 0.2) is 48.5 Å². The SMILES string of the molecule is CC(=O)NC1C(OCCCNC(=O)COc2ccc(-c3cccc(C(=O)NC(C)C)c3)cc2)OC(CO)[C@@](O)(OC(OC(CO)[C@@H](C)O)[C@@H](O)COC2OC(CO)C(O)C(O)C2O)C1O. The Balaban J connectivity index is 1.33. The van der Waals surface area contributed by atoms with E-state index in [1.54, 1.807) is 42.5 Å². The van der Waals surface area contributed by atoms with E-state index in [2.05, 4.69) is 16.0 Å². The quantitative estimate of drug-likeness (QED) is 0.0352. The van der Waals surface area contributed by atoms with Gasteiger partial charge in [-0.25, -0.2) is 0 Å². The maximum atomic E-state index is 12.6. The van der Waals surface area contributed by atoms with Gasteiger partial charge in [-0.05, 0) is 62.6 Å². The minimum atomic E-state index is -3.04. The average molecular weight is 930 g/mol. The number of ether oxygens (including phenoxy) is 7. The summed E-state index contributed by atoms with van der Waals surface area (Å²) in [7, 11) is 0. The van der Waals surface area contributed by atoms with Gasteiger partial charge in [-0.15, -0.1) is 0 Å². The predicted molar refractivity (Wildman–Crippen MR) is 222 cm³/mol. The lowest BCUT2D eigenvalue weighted by Crippen LogP contribution is -2.73. The van der Waals surface area contributed by atoms with Crippen molar-refractivity contribution in [2.45, 2.75) is 126 Å². The van der Waals surface area contributed by atoms with Gasteiger partial charge in [0, 0.05) is 25.1 Å². The molecule has 65 heavy (non-hydrogen) atoms. The summed E-state index contributed by atoms with van der Waals surface area (Å²) in [4.78, 5) is 37.3. The predicted octanol–water partition coefficient (Wildman–Crippen LogP) is -4.06. The Morgan fingerprint density at radius 1 is 0.862 bits per heavy atom. The summed E-state index contributed by atoms with van der Waals surface area (Å²) in [5.41, 5.74) is 2.17. The molecule has 2 saturated heterocycles. The number of nitrogens with one attached hydrogen (secondary N) is 3. The first-order chi connectivity index (χ1) is 30.8. The van der Waals surface area contributed by atoms with Gasteiger partial charge in [-0.2, -0.15) is 0 Å². The van der Waals surface area contributed by atoms with E-state index >= 15 is 0 Å². The van der Waals surface area contributed by atoms with Gasteiger partial charge in [0.05, 0.1) is 39.1 Å². The van der Waals surface area contributed by atoms with Crippen molar-refractivity contribution in [3.8, 4) is 16.9 Å². The van der Waals surface area contributed by atoms with Crippen molar-refractivity contribution >= 4 is 17.7 Å². The molecule has 2 aliphatic rings. The number of carbonyl (C=O) groups excluding carboxylic acids is 3. The molecule has 0 aromatic heterocycles. The number of amides is 3. The third-order valence-corrected chi connectivity index (χ3v) is 10.3. The maximum Gasteiger partial charge on any atom is 0.257 e. The first-order valence-electron chi connectivity index (χ1n) is 21.0. The largest absolute Gasteiger partial charge is 0.484 e. The minimum Gasteiger partial charge on any atom is -0.484 e. The van der Waals surface area contributed by atoms with Crippen molar-refractivity contribution in [1.29, 1.82) is 0 Å². The molecule has 13 N–H and O–H groups in total. The molecule has 14 atom stereocenters. The monoisotopic (exact) mass is 929 g/mol. The minimum absolute atomic E-state index is 0.0112. The fourth-order valence-electron chi connectivity index (χ4n) is 6.75. The van der Waals surface area contributed by atoms with Crippen molar-refractivity contribution in [2.24, 2.45) is 0 Å². The maximum absolute atomic E-state index is 12.6. The summed E-state index contributed by atoms with van der Waals surface area (Å²) >= 11 is 0. The standard InChI is InChI=1S/C42H63N3O20/c1-21(2)44-38(57)26-8-5-7-25(15-26)24-9-11-27(12-10-24)60-20-32(52)43-13-6-14-59-40-33(45-23(4)50)37(56)42(58,31(18-48)64-40)65-39(62-29(16-46)22(3)49)28(51)19-61-41-36(55)35(54)34(53)30(17-47)63-41/h5,7-12,15,21-22,28-31,33-37,39-41,46-49,51,53-56,58H,6,13-14,16-20H2,1-4H3,(H,43,52)(H,44,57)(H,45,50)/t22-,28+,29?,30?,31?,33?,34?,35?,36?,37?,39?,40?,41?,42-/m1/s1. The fraction of sp³-hybridized carbons (Fsp3) is 0.643. The number of hydrogen-bond acceptors (Lipinski definition) is 20. The number of rotatable bonds is 24. The van der Waals surface area contributed by atoms with Crippen molar-refractivity contribution < 1.29 is 98.6 Å². The van der Waals surface area contributed by atoms with Gasteiger partial charge in [0.25, 0.3) is 11.8 Å². The van der Waals surface area contributed by atoms with Crippen molar-refractivity contribution in [3.05, 3.63) is 54.1 Å². The zero-order valence-electron chi connectivity index (χ0n) is 36.4. The average Bonchev–Trinajstić information content (AvgIpc) is 3.27. The molecular weight excluding hydrogens is 866 g/mol. The number of hydrogen-bond donors (Lipinski definition) is 13. The third kappa shape index (κ3) is 14.7. The normalized spacial score (nSPS) is 28.8. The van der Waals surface area contributed by atoms with Crippen LogP contribution in [0.5, 0.6) is 5.75 Å². The summed E-state index contributed by atoms with van der Waals surface area (Å²) in [6.07, 6.45) is -21.1. The van der Waals surface area contributed by atoms with Crippen molar-refractivity contribution in [1.82, 2.24) is 16.0 Å². The molecule has 23 heteroatoms. The van der Waals surface area contributed by atoms with Crippen LogP contribution in [0.2, 0.25) is 0 Å². The van der Waals surface area contributed by atoms with Crippen LogP contribution in [0.1, 0.15) is 44.5 Å². The van der Waals surface area contributed by atoms with Gasteiger partial charge in [-0.1, -0.05) is 24.3 Å². The Morgan fingerprint density at radius 2 is 1.57 bits per heavy atom. The van der Waals surface area contributed by atoms with E-state index in [9.17, 15) is 65.4 Å². The molecule has 0 saturated carbocycles. The molecule has 0 aliphatic carbocycles. The summed E-state index contributed by atoms with van der Waals surface area (Å²) in [5.74, 6) is -3.99. The van der Waals surface area contributed by atoms with Gasteiger partial charge < -0.3 is 100 Å². The van der Waals surface area contributed by atoms with Crippen LogP contribution >= 0.6 is 0 Å². The molecule has 2 heterocycles. The summed E-state index contributed by atoms with van der Waals surface area (Å²) < 4.78 is 39.0. The lowest BCUT2D eigenvalue weighted by molar-refractivity contribution is -0.421. The van der Waals surface area contributed by atoms with Crippen LogP contribution in [0.25, 0.3) is 11.1 Å². The molecule has 0 spiro atoms. The van der Waals surface area contributed by atoms with Gasteiger partial charge in [0.1, 0.15) is 60.6 Å². The lowest BCUT2D eigenvalue weighted by Gasteiger charge is -2.50. The number of carbonyl (C=O) groups is 3. The highest BCUT2D eigenvalue weighted by molar-refractivity contribution is 5.95. The van der Waals surface area contributed by atoms with Crippen molar-refractivity contribution in [2.75, 3.05) is 46.2 Å². The molecule has 366 valence electrons. The summed E-state index contributed by atoms with van der Waals surface area (Å²) in [6, 6.07) is 12.5. The van der Waals surface area contributed by atoms with Crippen LogP contribution < -0.4 is 20.7 Å². The summed E-state index contributed by atoms with van der Waals surface area (Å²) in [6.45, 7) is 2.05. The van der Waals surface area contributed by atoms with E-state index in [1.807, 2.05) is 19.9 Å². The topological polar surface area (TPSA) is 354 Å². The highest BCUT2D eigenvalue weighted by Gasteiger charge is 2.59. The second-order valence-electron chi connectivity index (χ2n) is 15.9. The van der Waals surface area contributed by atoms with Crippen LogP contribution in [-0.4, -0.2) is 207 Å². The highest BCUT2D eigenvalue weighted by atomic mass is 16.8. The number of aliphatic hydroxyl groups excluding tert-OH is 9. The van der Waals surface area contributed by atoms with Crippen LogP contribution in [0.3, 0.4) is 0 Å². The van der Waals surface area contributed by atoms with Gasteiger partial charge in [0.2, 0.25) is 11.7 Å². The molecule has 2 fully saturated rings. The Kier molecular flexibility index (Phi) is 20.8. The van der Waals surface area contributed by atoms with E-state index in [1.165, 1.54) is 6.92 Å². The van der Waals surface area contributed by atoms with Gasteiger partial charge in [0.15, 0.2) is 25.5 Å². The third-order valence-electron chi connectivity index (χ3n) is 10.3. The van der Waals surface area contributed by atoms with Crippen LogP contribution in [0, 0.1) is 0 Å². The molecule has 0 radical (unpaired) electrons. The zero-order chi connectivity index (χ0) is 48.0. The van der Waals surface area contributed by atoms with E-state index in [0.29, 0.717) is 11.3 Å². The zero-order valence-corrected chi connectivity index (χ0v) is 36.4. The van der Waals surface area contributed by atoms with Gasteiger partial charge in [-0.3, -0.25) is 14.4 Å². The number of aliphatic hydroxyl groups is 10. The molecule has 2 aliphatic heterocycles. The smallest absolute Gasteiger partial charge is 0.257 e. The first kappa shape index (κ1) is 53.6. The molecule has 3 amide bonds. The van der Waals surface area contributed by atoms with E-state index in [-0.39, 0.29) is 38.1 Å². The second kappa shape index (κ2) is 25.2. The molecule has 11 unspecified atom stereocenters. The summed E-state index contributed by atoms with van der Waals surface area (Å²) in [5, 5.41) is 113. The Labute approximate surface area is 374 Å². The first-order valence-corrected chi connectivity index (χ1v) is 21.0. The molecule has 23 nitrogen and oxygen atoms in total. The van der Waals surface area contributed by atoms with Crippen molar-refractivity contribution in [3.63, 3.8) is 0 Å². The second-order valence-corrected chi connectivity index (χ2v) is 15.9. The van der Waals surface area contributed by atoms with Crippen LogP contribution in [-0.2, 0) is 38.0 Å². The molecule has 0 bridgehead atoms. The molecular formula is C42H63N3O20. The lowest BCUT2D eigenvalue weighted by atomic mass is 9.92. The highest BCUT2D eigenvalue weighted by Crippen LogP contribution is 2.34. The fourth-order valence-corrected chi connectivity index (χ4v) is 6.75. The molecule has 2 aromatic rings. The van der Waals surface area contributed by atoms with E-state index in [0.717, 1.165) is 18.1 Å². The Morgan fingerprint density at radius 3 is 2.18 bits per heavy atom. The molecule has 2 aromatic carbocycles. The Bertz CT molecular complexity index is 1790. The Hall–Kier alpha value is -3.99. The van der Waals surface area contributed by atoms with Crippen LogP contribution in [0.4, 0.5) is 0 Å². The molecule has 4 rings (SSSR count).